The molecule has 0 aliphatic heterocycles. The highest BCUT2D eigenvalue weighted by Gasteiger charge is 2.18. The van der Waals surface area contributed by atoms with E-state index in [1.807, 2.05) is 49.7 Å². The number of ether oxygens (including phenoxy) is 1. The number of hydrogen-bond donors (Lipinski definition) is 1. The van der Waals surface area contributed by atoms with Gasteiger partial charge < -0.3 is 15.0 Å². The lowest BCUT2D eigenvalue weighted by atomic mass is 10.2. The molecule has 0 radical (unpaired) electrons. The van der Waals surface area contributed by atoms with E-state index in [9.17, 15) is 4.79 Å². The van der Waals surface area contributed by atoms with Gasteiger partial charge in [0.15, 0.2) is 17.1 Å². The van der Waals surface area contributed by atoms with E-state index in [1.165, 1.54) is 11.8 Å². The minimum Gasteiger partial charge on any atom is -0.482 e. The highest BCUT2D eigenvalue weighted by atomic mass is 32.2. The van der Waals surface area contributed by atoms with Gasteiger partial charge in [0.1, 0.15) is 5.75 Å². The van der Waals surface area contributed by atoms with Gasteiger partial charge in [-0.2, -0.15) is 0 Å². The van der Waals surface area contributed by atoms with Crippen LogP contribution in [0.25, 0.3) is 0 Å². The van der Waals surface area contributed by atoms with Crippen LogP contribution in [-0.2, 0) is 11.8 Å². The number of carbonyl (C=O) groups excluding carboxylic acids is 1. The molecule has 21 heavy (non-hydrogen) atoms. The molecule has 1 amide bonds. The van der Waals surface area contributed by atoms with Gasteiger partial charge in [-0.1, -0.05) is 30.0 Å². The van der Waals surface area contributed by atoms with Crippen LogP contribution in [0.1, 0.15) is 24.4 Å². The molecule has 0 saturated carbocycles. The van der Waals surface area contributed by atoms with Gasteiger partial charge in [-0.15, -0.1) is 10.2 Å². The molecule has 0 saturated heterocycles. The van der Waals surface area contributed by atoms with Crippen LogP contribution in [0.15, 0.2) is 29.4 Å². The van der Waals surface area contributed by atoms with Crippen molar-refractivity contribution in [3.63, 3.8) is 0 Å². The van der Waals surface area contributed by atoms with Crippen molar-refractivity contribution in [3.05, 3.63) is 35.7 Å². The molecular weight excluding hydrogens is 288 g/mol. The number of amides is 1. The van der Waals surface area contributed by atoms with Crippen LogP contribution < -0.4 is 10.5 Å². The largest absolute Gasteiger partial charge is 0.482 e. The Kier molecular flexibility index (Phi) is 4.85. The van der Waals surface area contributed by atoms with Gasteiger partial charge in [0.05, 0.1) is 5.75 Å². The minimum atomic E-state index is -0.381. The van der Waals surface area contributed by atoms with Crippen LogP contribution in [0.4, 0.5) is 0 Å². The Morgan fingerprint density at radius 2 is 2.14 bits per heavy atom. The molecule has 2 N–H and O–H groups in total. The predicted octanol–water partition coefficient (Wildman–Crippen LogP) is 1.84. The lowest BCUT2D eigenvalue weighted by molar-refractivity contribution is -0.115. The molecule has 1 aromatic carbocycles. The van der Waals surface area contributed by atoms with E-state index in [-0.39, 0.29) is 17.8 Å². The number of hydrogen-bond acceptors (Lipinski definition) is 5. The summed E-state index contributed by atoms with van der Waals surface area (Å²) in [7, 11) is 1.84. The molecule has 6 nitrogen and oxygen atoms in total. The molecule has 1 aromatic heterocycles. The summed E-state index contributed by atoms with van der Waals surface area (Å²) in [5, 5.41) is 8.84. The number of thioether (sulfide) groups is 1. The summed E-state index contributed by atoms with van der Waals surface area (Å²) in [4.78, 5) is 10.8. The molecule has 2 aromatic rings. The number of nitrogens with zero attached hydrogens (tertiary/aromatic N) is 3. The Morgan fingerprint density at radius 3 is 2.81 bits per heavy atom. The van der Waals surface area contributed by atoms with Gasteiger partial charge in [0, 0.05) is 7.05 Å². The van der Waals surface area contributed by atoms with E-state index in [0.29, 0.717) is 11.0 Å². The monoisotopic (exact) mass is 306 g/mol. The molecule has 1 heterocycles. The zero-order valence-corrected chi connectivity index (χ0v) is 13.1. The smallest absolute Gasteiger partial charge is 0.227 e. The summed E-state index contributed by atoms with van der Waals surface area (Å²) < 4.78 is 7.74. The first kappa shape index (κ1) is 15.4. The van der Waals surface area contributed by atoms with Crippen LogP contribution in [0.2, 0.25) is 0 Å². The second-order valence-corrected chi connectivity index (χ2v) is 5.62. The second kappa shape index (κ2) is 6.62. The number of rotatable bonds is 6. The van der Waals surface area contributed by atoms with E-state index >= 15 is 0 Å². The van der Waals surface area contributed by atoms with Crippen molar-refractivity contribution < 1.29 is 9.53 Å². The third kappa shape index (κ3) is 3.75. The first-order chi connectivity index (χ1) is 9.99. The van der Waals surface area contributed by atoms with Crippen LogP contribution in [0, 0.1) is 6.92 Å². The Bertz CT molecular complexity index is 642. The standard InChI is InChI=1S/C14H18N4O2S/c1-9-6-4-5-7-11(9)20-10(2)13-16-17-14(18(13)3)21-8-12(15)19/h4-7,10H,8H2,1-3H3,(H2,15,19)/t10-/m1/s1. The number of para-hydroxylation sites is 1. The molecule has 0 aliphatic carbocycles. The zero-order valence-electron chi connectivity index (χ0n) is 12.2. The summed E-state index contributed by atoms with van der Waals surface area (Å²) in [6, 6.07) is 7.81. The number of aryl methyl sites for hydroxylation is 1. The SMILES string of the molecule is Cc1ccccc1O[C@H](C)c1nnc(SCC(N)=O)n1C. The average molecular weight is 306 g/mol. The van der Waals surface area contributed by atoms with Crippen molar-refractivity contribution in [3.8, 4) is 5.75 Å². The van der Waals surface area contributed by atoms with Gasteiger partial charge in [0.25, 0.3) is 0 Å². The Balaban J connectivity index is 2.11. The number of primary amides is 1. The topological polar surface area (TPSA) is 83.0 Å². The minimum absolute atomic E-state index is 0.180. The summed E-state index contributed by atoms with van der Waals surface area (Å²) >= 11 is 1.26. The summed E-state index contributed by atoms with van der Waals surface area (Å²) in [6.07, 6.45) is -0.244. The highest BCUT2D eigenvalue weighted by Crippen LogP contribution is 2.25. The van der Waals surface area contributed by atoms with Gasteiger partial charge in [-0.05, 0) is 25.5 Å². The Hall–Kier alpha value is -2.02. The third-order valence-corrected chi connectivity index (χ3v) is 4.02. The fraction of sp³-hybridized carbons (Fsp3) is 0.357. The maximum absolute atomic E-state index is 10.8. The molecule has 0 bridgehead atoms. The molecule has 2 rings (SSSR count). The van der Waals surface area contributed by atoms with Crippen LogP contribution in [0.5, 0.6) is 5.75 Å². The zero-order chi connectivity index (χ0) is 15.4. The molecule has 7 heteroatoms. The Labute approximate surface area is 127 Å². The van der Waals surface area contributed by atoms with E-state index in [1.54, 1.807) is 0 Å². The van der Waals surface area contributed by atoms with Crippen LogP contribution >= 0.6 is 11.8 Å². The van der Waals surface area contributed by atoms with Gasteiger partial charge in [-0.25, -0.2) is 0 Å². The second-order valence-electron chi connectivity index (χ2n) is 4.68. The Morgan fingerprint density at radius 1 is 1.43 bits per heavy atom. The van der Waals surface area contributed by atoms with E-state index < -0.39 is 0 Å². The number of benzene rings is 1. The first-order valence-corrected chi connectivity index (χ1v) is 7.50. The summed E-state index contributed by atoms with van der Waals surface area (Å²) in [5.74, 6) is 1.32. The van der Waals surface area contributed by atoms with Gasteiger partial charge >= 0.3 is 0 Å². The van der Waals surface area contributed by atoms with Crippen molar-refractivity contribution in [2.75, 3.05) is 5.75 Å². The summed E-state index contributed by atoms with van der Waals surface area (Å²) in [5.41, 5.74) is 6.20. The number of aromatic nitrogens is 3. The lowest BCUT2D eigenvalue weighted by Gasteiger charge is -2.15. The lowest BCUT2D eigenvalue weighted by Crippen LogP contribution is -2.14. The van der Waals surface area contributed by atoms with Gasteiger partial charge in [0.2, 0.25) is 5.91 Å². The van der Waals surface area contributed by atoms with Crippen LogP contribution in [-0.4, -0.2) is 26.4 Å². The van der Waals surface area contributed by atoms with Crippen molar-refractivity contribution in [1.82, 2.24) is 14.8 Å². The molecule has 0 aliphatic rings. The molecular formula is C14H18N4O2S. The van der Waals surface area contributed by atoms with Crippen molar-refractivity contribution in [1.29, 1.82) is 0 Å². The quantitative estimate of drug-likeness (QED) is 0.823. The van der Waals surface area contributed by atoms with Gasteiger partial charge in [-0.3, -0.25) is 4.79 Å². The molecule has 0 fully saturated rings. The number of carbonyl (C=O) groups is 1. The van der Waals surface area contributed by atoms with E-state index in [0.717, 1.165) is 11.3 Å². The predicted molar refractivity (Wildman–Crippen MR) is 81.1 cm³/mol. The third-order valence-electron chi connectivity index (χ3n) is 2.97. The van der Waals surface area contributed by atoms with Crippen molar-refractivity contribution in [2.45, 2.75) is 25.1 Å². The fourth-order valence-electron chi connectivity index (χ4n) is 1.87. The molecule has 0 unspecified atom stereocenters. The molecule has 112 valence electrons. The van der Waals surface area contributed by atoms with Crippen molar-refractivity contribution in [2.24, 2.45) is 12.8 Å². The highest BCUT2D eigenvalue weighted by molar-refractivity contribution is 7.99. The normalized spacial score (nSPS) is 12.1. The summed E-state index contributed by atoms with van der Waals surface area (Å²) in [6.45, 7) is 3.91. The van der Waals surface area contributed by atoms with Crippen molar-refractivity contribution >= 4 is 17.7 Å². The fourth-order valence-corrected chi connectivity index (χ4v) is 2.53. The maximum Gasteiger partial charge on any atom is 0.227 e. The number of nitrogens with two attached hydrogens (primary N) is 1. The molecule has 1 atom stereocenters. The van der Waals surface area contributed by atoms with E-state index in [4.69, 9.17) is 10.5 Å². The molecule has 0 spiro atoms. The van der Waals surface area contributed by atoms with E-state index in [2.05, 4.69) is 10.2 Å². The van der Waals surface area contributed by atoms with Crippen LogP contribution in [0.3, 0.4) is 0 Å². The average Bonchev–Trinajstić information content (AvgIpc) is 2.80. The first-order valence-electron chi connectivity index (χ1n) is 6.51. The maximum atomic E-state index is 10.8.